The topological polar surface area (TPSA) is 46.9 Å². The highest BCUT2D eigenvalue weighted by Crippen LogP contribution is 2.24. The first-order chi connectivity index (χ1) is 11.6. The lowest BCUT2D eigenvalue weighted by Crippen LogP contribution is -2.14. The minimum absolute atomic E-state index is 0.130. The number of benzene rings is 2. The molecule has 1 aromatic heterocycles. The average molecular weight is 377 g/mol. The predicted octanol–water partition coefficient (Wildman–Crippen LogP) is 4.53. The first kappa shape index (κ1) is 16.8. The van der Waals surface area contributed by atoms with E-state index in [2.05, 4.69) is 10.4 Å². The molecule has 0 aliphatic heterocycles. The van der Waals surface area contributed by atoms with Crippen LogP contribution in [0.2, 0.25) is 0 Å². The number of hydrogen-bond acceptors (Lipinski definition) is 5. The lowest BCUT2D eigenvalue weighted by atomic mass is 10.3. The zero-order valence-corrected chi connectivity index (χ0v) is 14.8. The molecular formula is C16H12FN3OS3. The Bertz CT molecular complexity index is 908. The molecule has 0 spiro atoms. The van der Waals surface area contributed by atoms with E-state index in [1.54, 1.807) is 16.8 Å². The number of carbonyl (C=O) groups is 1. The maximum Gasteiger partial charge on any atom is 0.234 e. The van der Waals surface area contributed by atoms with Crippen LogP contribution in [0.1, 0.15) is 0 Å². The Kier molecular flexibility index (Phi) is 5.39. The normalized spacial score (nSPS) is 10.5. The van der Waals surface area contributed by atoms with E-state index in [1.165, 1.54) is 35.2 Å². The summed E-state index contributed by atoms with van der Waals surface area (Å²) < 4.78 is 16.5. The van der Waals surface area contributed by atoms with Gasteiger partial charge in [-0.25, -0.2) is 9.07 Å². The molecule has 4 nitrogen and oxygen atoms in total. The van der Waals surface area contributed by atoms with Crippen LogP contribution in [-0.4, -0.2) is 21.4 Å². The van der Waals surface area contributed by atoms with E-state index in [1.807, 2.05) is 30.3 Å². The number of thioether (sulfide) groups is 1. The van der Waals surface area contributed by atoms with Crippen molar-refractivity contribution >= 4 is 46.9 Å². The van der Waals surface area contributed by atoms with E-state index in [-0.39, 0.29) is 17.3 Å². The van der Waals surface area contributed by atoms with Crippen LogP contribution in [0.25, 0.3) is 5.69 Å². The van der Waals surface area contributed by atoms with Gasteiger partial charge in [-0.3, -0.25) is 4.79 Å². The SMILES string of the molecule is O=C(CSc1nn(-c2ccccc2)c(=S)s1)Nc1ccccc1F. The number of aromatic nitrogens is 2. The van der Waals surface area contributed by atoms with Crippen molar-refractivity contribution < 1.29 is 9.18 Å². The van der Waals surface area contributed by atoms with Crippen LogP contribution in [0.3, 0.4) is 0 Å². The average Bonchev–Trinajstić information content (AvgIpc) is 2.97. The number of nitrogens with one attached hydrogen (secondary N) is 1. The van der Waals surface area contributed by atoms with Crippen molar-refractivity contribution in [3.05, 3.63) is 64.4 Å². The molecule has 1 heterocycles. The molecule has 2 aromatic carbocycles. The summed E-state index contributed by atoms with van der Waals surface area (Å²) in [5.74, 6) is -0.622. The van der Waals surface area contributed by atoms with Crippen LogP contribution in [0.15, 0.2) is 58.9 Å². The quantitative estimate of drug-likeness (QED) is 0.524. The molecule has 24 heavy (non-hydrogen) atoms. The van der Waals surface area contributed by atoms with Crippen LogP contribution in [0.5, 0.6) is 0 Å². The fourth-order valence-corrected chi connectivity index (χ4v) is 4.09. The Morgan fingerprint density at radius 1 is 1.21 bits per heavy atom. The van der Waals surface area contributed by atoms with Gasteiger partial charge in [0.25, 0.3) is 0 Å². The number of rotatable bonds is 5. The Morgan fingerprint density at radius 3 is 2.67 bits per heavy atom. The second-order valence-corrected chi connectivity index (χ2v) is 7.54. The van der Waals surface area contributed by atoms with Gasteiger partial charge in [-0.2, -0.15) is 0 Å². The molecule has 0 unspecified atom stereocenters. The van der Waals surface area contributed by atoms with Gasteiger partial charge in [-0.15, -0.1) is 5.10 Å². The number of nitrogens with zero attached hydrogens (tertiary/aromatic N) is 2. The van der Waals surface area contributed by atoms with Gasteiger partial charge in [-0.1, -0.05) is 53.4 Å². The molecule has 0 saturated heterocycles. The van der Waals surface area contributed by atoms with Crippen molar-refractivity contribution in [3.8, 4) is 5.69 Å². The largest absolute Gasteiger partial charge is 0.323 e. The minimum Gasteiger partial charge on any atom is -0.323 e. The molecular weight excluding hydrogens is 365 g/mol. The molecule has 0 radical (unpaired) electrons. The molecule has 8 heteroatoms. The van der Waals surface area contributed by atoms with Crippen LogP contribution < -0.4 is 5.32 Å². The molecule has 0 bridgehead atoms. The molecule has 0 fully saturated rings. The first-order valence-electron chi connectivity index (χ1n) is 6.96. The zero-order chi connectivity index (χ0) is 16.9. The molecule has 122 valence electrons. The number of halogens is 1. The van der Waals surface area contributed by atoms with Crippen LogP contribution in [0.4, 0.5) is 10.1 Å². The van der Waals surface area contributed by atoms with E-state index in [0.29, 0.717) is 8.29 Å². The highest BCUT2D eigenvalue weighted by atomic mass is 32.2. The fraction of sp³-hybridized carbons (Fsp3) is 0.0625. The number of para-hydroxylation sites is 2. The lowest BCUT2D eigenvalue weighted by molar-refractivity contribution is -0.113. The van der Waals surface area contributed by atoms with Gasteiger partial charge < -0.3 is 5.32 Å². The highest BCUT2D eigenvalue weighted by Gasteiger charge is 2.10. The standard InChI is InChI=1S/C16H12FN3OS3/c17-12-8-4-5-9-13(12)18-14(21)10-23-15-19-20(16(22)24-15)11-6-2-1-3-7-11/h1-9H,10H2,(H,18,21). The summed E-state index contributed by atoms with van der Waals surface area (Å²) in [5, 5.41) is 6.96. The molecule has 3 aromatic rings. The Morgan fingerprint density at radius 2 is 1.92 bits per heavy atom. The molecule has 3 rings (SSSR count). The molecule has 0 saturated carbocycles. The lowest BCUT2D eigenvalue weighted by Gasteiger charge is -2.04. The summed E-state index contributed by atoms with van der Waals surface area (Å²) in [6.07, 6.45) is 0. The van der Waals surface area contributed by atoms with Gasteiger partial charge in [0.05, 0.1) is 17.1 Å². The Labute approximate surface area is 151 Å². The molecule has 0 aliphatic rings. The summed E-state index contributed by atoms with van der Waals surface area (Å²) in [6.45, 7) is 0. The van der Waals surface area contributed by atoms with Crippen molar-refractivity contribution in [2.75, 3.05) is 11.1 Å². The predicted molar refractivity (Wildman–Crippen MR) is 98.0 cm³/mol. The summed E-state index contributed by atoms with van der Waals surface area (Å²) in [4.78, 5) is 11.9. The van der Waals surface area contributed by atoms with E-state index < -0.39 is 5.82 Å². The van der Waals surface area contributed by atoms with Crippen molar-refractivity contribution in [3.63, 3.8) is 0 Å². The molecule has 0 atom stereocenters. The highest BCUT2D eigenvalue weighted by molar-refractivity contribution is 8.01. The molecule has 1 amide bonds. The number of anilines is 1. The number of hydrogen-bond donors (Lipinski definition) is 1. The van der Waals surface area contributed by atoms with Gasteiger partial charge in [0.1, 0.15) is 5.82 Å². The maximum absolute atomic E-state index is 13.5. The van der Waals surface area contributed by atoms with Crippen LogP contribution >= 0.6 is 35.3 Å². The van der Waals surface area contributed by atoms with E-state index >= 15 is 0 Å². The Hall–Kier alpha value is -2.03. The van der Waals surface area contributed by atoms with Gasteiger partial charge in [0.2, 0.25) is 5.91 Å². The van der Waals surface area contributed by atoms with Gasteiger partial charge in [-0.05, 0) is 36.5 Å². The third kappa shape index (κ3) is 4.08. The van der Waals surface area contributed by atoms with E-state index in [0.717, 1.165) is 5.69 Å². The zero-order valence-electron chi connectivity index (χ0n) is 12.3. The first-order valence-corrected chi connectivity index (χ1v) is 9.17. The molecule has 1 N–H and O–H groups in total. The van der Waals surface area contributed by atoms with E-state index in [4.69, 9.17) is 12.2 Å². The summed E-state index contributed by atoms with van der Waals surface area (Å²) in [7, 11) is 0. The van der Waals surface area contributed by atoms with Crippen molar-refractivity contribution in [2.24, 2.45) is 0 Å². The molecule has 0 aliphatic carbocycles. The second-order valence-electron chi connectivity index (χ2n) is 4.70. The third-order valence-corrected chi connectivity index (χ3v) is 5.37. The number of carbonyl (C=O) groups excluding carboxylic acids is 1. The van der Waals surface area contributed by atoms with Crippen LogP contribution in [-0.2, 0) is 4.79 Å². The van der Waals surface area contributed by atoms with Gasteiger partial charge in [0.15, 0.2) is 8.29 Å². The summed E-state index contributed by atoms with van der Waals surface area (Å²) in [6, 6.07) is 15.6. The monoisotopic (exact) mass is 377 g/mol. The van der Waals surface area contributed by atoms with E-state index in [9.17, 15) is 9.18 Å². The minimum atomic E-state index is -0.458. The van der Waals surface area contributed by atoms with Crippen molar-refractivity contribution in [1.82, 2.24) is 9.78 Å². The van der Waals surface area contributed by atoms with Crippen molar-refractivity contribution in [2.45, 2.75) is 4.34 Å². The van der Waals surface area contributed by atoms with Crippen LogP contribution in [0, 0.1) is 9.77 Å². The summed E-state index contributed by atoms with van der Waals surface area (Å²) in [5.41, 5.74) is 1.05. The van der Waals surface area contributed by atoms with Crippen molar-refractivity contribution in [1.29, 1.82) is 0 Å². The van der Waals surface area contributed by atoms with Gasteiger partial charge >= 0.3 is 0 Å². The van der Waals surface area contributed by atoms with Gasteiger partial charge in [0, 0.05) is 0 Å². The Balaban J connectivity index is 1.64. The third-order valence-electron chi connectivity index (χ3n) is 3.00. The smallest absolute Gasteiger partial charge is 0.234 e. The number of amides is 1. The summed E-state index contributed by atoms with van der Waals surface area (Å²) >= 11 is 7.92. The maximum atomic E-state index is 13.5. The second kappa shape index (κ2) is 7.69. The fourth-order valence-electron chi connectivity index (χ4n) is 1.93.